The first-order chi connectivity index (χ1) is 12.9. The molecule has 0 saturated heterocycles. The van der Waals surface area contributed by atoms with Gasteiger partial charge < -0.3 is 9.84 Å². The second-order valence-electron chi connectivity index (χ2n) is 5.70. The van der Waals surface area contributed by atoms with E-state index in [0.717, 1.165) is 11.0 Å². The number of sulfonamides is 1. The van der Waals surface area contributed by atoms with Crippen LogP contribution < -0.4 is 9.46 Å². The minimum atomic E-state index is -3.73. The van der Waals surface area contributed by atoms with Crippen LogP contribution in [0.3, 0.4) is 0 Å². The van der Waals surface area contributed by atoms with E-state index in [9.17, 15) is 13.2 Å². The number of fused-ring (bicyclic) bond motifs is 1. The van der Waals surface area contributed by atoms with E-state index in [4.69, 9.17) is 9.84 Å². The lowest BCUT2D eigenvalue weighted by atomic mass is 10.1. The number of benzene rings is 3. The zero-order valence-electron chi connectivity index (χ0n) is 14.2. The predicted molar refractivity (Wildman–Crippen MR) is 105 cm³/mol. The van der Waals surface area contributed by atoms with Gasteiger partial charge in [-0.05, 0) is 23.8 Å². The van der Waals surface area contributed by atoms with Gasteiger partial charge >= 0.3 is 5.97 Å². The number of carboxylic acid groups (broad SMARTS) is 1. The summed E-state index contributed by atoms with van der Waals surface area (Å²) in [6, 6.07) is 19.2. The van der Waals surface area contributed by atoms with Crippen LogP contribution in [0.2, 0.25) is 0 Å². The standard InChI is InChI=1S/C20H17NO5S/c22-20(23)14-26-19-11-5-8-16-17(19)9-4-10-18(16)21-27(24,25)13-12-15-6-2-1-3-7-15/h1-13,21H,14H2,(H,22,23)/b13-12+. The maximum absolute atomic E-state index is 12.4. The van der Waals surface area contributed by atoms with E-state index in [0.29, 0.717) is 22.2 Å². The molecular formula is C20H17NO5S. The Morgan fingerprint density at radius 3 is 2.41 bits per heavy atom. The van der Waals surface area contributed by atoms with E-state index >= 15 is 0 Å². The molecule has 3 aromatic rings. The molecule has 0 heterocycles. The summed E-state index contributed by atoms with van der Waals surface area (Å²) >= 11 is 0. The number of rotatable bonds is 7. The highest BCUT2D eigenvalue weighted by molar-refractivity contribution is 7.95. The van der Waals surface area contributed by atoms with E-state index < -0.39 is 22.6 Å². The summed E-state index contributed by atoms with van der Waals surface area (Å²) < 4.78 is 32.6. The summed E-state index contributed by atoms with van der Waals surface area (Å²) in [5.41, 5.74) is 1.15. The van der Waals surface area contributed by atoms with Gasteiger partial charge in [0.1, 0.15) is 5.75 Å². The van der Waals surface area contributed by atoms with E-state index in [-0.39, 0.29) is 0 Å². The monoisotopic (exact) mass is 383 g/mol. The summed E-state index contributed by atoms with van der Waals surface area (Å²) in [5, 5.41) is 11.1. The predicted octanol–water partition coefficient (Wildman–Crippen LogP) is 3.72. The largest absolute Gasteiger partial charge is 0.481 e. The van der Waals surface area contributed by atoms with Crippen molar-refractivity contribution < 1.29 is 23.1 Å². The molecule has 0 aliphatic rings. The van der Waals surface area contributed by atoms with Crippen LogP contribution >= 0.6 is 0 Å². The third-order valence-corrected chi connectivity index (χ3v) is 4.72. The van der Waals surface area contributed by atoms with Crippen molar-refractivity contribution in [3.63, 3.8) is 0 Å². The molecule has 6 nitrogen and oxygen atoms in total. The van der Waals surface area contributed by atoms with Gasteiger partial charge in [-0.3, -0.25) is 4.72 Å². The molecule has 3 aromatic carbocycles. The highest BCUT2D eigenvalue weighted by Gasteiger charge is 2.11. The summed E-state index contributed by atoms with van der Waals surface area (Å²) in [4.78, 5) is 10.7. The summed E-state index contributed by atoms with van der Waals surface area (Å²) in [5.74, 6) is -0.717. The molecule has 138 valence electrons. The maximum atomic E-state index is 12.4. The Balaban J connectivity index is 1.89. The van der Waals surface area contributed by atoms with Gasteiger partial charge in [0.25, 0.3) is 10.0 Å². The topological polar surface area (TPSA) is 92.7 Å². The number of hydrogen-bond acceptors (Lipinski definition) is 4. The van der Waals surface area contributed by atoms with Crippen molar-refractivity contribution in [2.45, 2.75) is 0 Å². The zero-order valence-corrected chi connectivity index (χ0v) is 15.0. The molecule has 0 saturated carbocycles. The molecule has 27 heavy (non-hydrogen) atoms. The molecule has 0 unspecified atom stereocenters. The van der Waals surface area contributed by atoms with Crippen molar-refractivity contribution in [1.82, 2.24) is 0 Å². The van der Waals surface area contributed by atoms with Gasteiger partial charge in [-0.2, -0.15) is 0 Å². The Morgan fingerprint density at radius 2 is 1.67 bits per heavy atom. The fourth-order valence-corrected chi connectivity index (χ4v) is 3.44. The second-order valence-corrected chi connectivity index (χ2v) is 7.27. The molecule has 2 N–H and O–H groups in total. The van der Waals surface area contributed by atoms with E-state index in [2.05, 4.69) is 4.72 Å². The molecule has 7 heteroatoms. The SMILES string of the molecule is O=C(O)COc1cccc2c(NS(=O)(=O)/C=C/c3ccccc3)cccc12. The van der Waals surface area contributed by atoms with Crippen LogP contribution in [0.25, 0.3) is 16.8 Å². The average molecular weight is 383 g/mol. The molecule has 0 aromatic heterocycles. The lowest BCUT2D eigenvalue weighted by Gasteiger charge is -2.11. The van der Waals surface area contributed by atoms with Gasteiger partial charge in [0.05, 0.1) is 11.1 Å². The second kappa shape index (κ2) is 7.92. The number of nitrogens with one attached hydrogen (secondary N) is 1. The highest BCUT2D eigenvalue weighted by atomic mass is 32.2. The van der Waals surface area contributed by atoms with Crippen molar-refractivity contribution in [3.8, 4) is 5.75 Å². The molecule has 0 radical (unpaired) electrons. The third-order valence-electron chi connectivity index (χ3n) is 3.72. The van der Waals surface area contributed by atoms with Crippen LogP contribution in [-0.4, -0.2) is 26.1 Å². The number of aliphatic carboxylic acids is 1. The van der Waals surface area contributed by atoms with E-state index in [1.165, 1.54) is 6.08 Å². The minimum absolute atomic E-state index is 0.371. The van der Waals surface area contributed by atoms with Crippen molar-refractivity contribution in [2.24, 2.45) is 0 Å². The molecular weight excluding hydrogens is 366 g/mol. The van der Waals surface area contributed by atoms with Crippen LogP contribution in [0.15, 0.2) is 72.1 Å². The van der Waals surface area contributed by atoms with Crippen LogP contribution in [0.1, 0.15) is 5.56 Å². The van der Waals surface area contributed by atoms with Gasteiger partial charge in [-0.15, -0.1) is 0 Å². The Bertz CT molecular complexity index is 1090. The fraction of sp³-hybridized carbons (Fsp3) is 0.0500. The van der Waals surface area contributed by atoms with E-state index in [1.807, 2.05) is 18.2 Å². The normalized spacial score (nSPS) is 11.6. The maximum Gasteiger partial charge on any atom is 0.341 e. The molecule has 0 atom stereocenters. The van der Waals surface area contributed by atoms with Gasteiger partial charge in [0.2, 0.25) is 0 Å². The van der Waals surface area contributed by atoms with Crippen LogP contribution in [0.5, 0.6) is 5.75 Å². The fourth-order valence-electron chi connectivity index (χ4n) is 2.56. The summed E-state index contributed by atoms with van der Waals surface area (Å²) in [6.45, 7) is -0.477. The first-order valence-electron chi connectivity index (χ1n) is 8.07. The number of ether oxygens (including phenoxy) is 1. The first kappa shape index (κ1) is 18.5. The Labute approximate surface area is 156 Å². The van der Waals surface area contributed by atoms with Crippen LogP contribution in [-0.2, 0) is 14.8 Å². The quantitative estimate of drug-likeness (QED) is 0.649. The number of carbonyl (C=O) groups is 1. The van der Waals surface area contributed by atoms with Gasteiger partial charge in [0.15, 0.2) is 6.61 Å². The van der Waals surface area contributed by atoms with Gasteiger partial charge in [-0.25, -0.2) is 13.2 Å². The van der Waals surface area contributed by atoms with Crippen LogP contribution in [0, 0.1) is 0 Å². The van der Waals surface area contributed by atoms with Gasteiger partial charge in [0, 0.05) is 10.8 Å². The summed E-state index contributed by atoms with van der Waals surface area (Å²) in [6.07, 6.45) is 1.51. The molecule has 0 amide bonds. The molecule has 0 spiro atoms. The molecule has 0 aliphatic heterocycles. The summed E-state index contributed by atoms with van der Waals surface area (Å²) in [7, 11) is -3.73. The lowest BCUT2D eigenvalue weighted by Crippen LogP contribution is -2.10. The van der Waals surface area contributed by atoms with Crippen molar-refractivity contribution in [1.29, 1.82) is 0 Å². The highest BCUT2D eigenvalue weighted by Crippen LogP contribution is 2.31. The smallest absolute Gasteiger partial charge is 0.341 e. The lowest BCUT2D eigenvalue weighted by molar-refractivity contribution is -0.139. The van der Waals surface area contributed by atoms with Gasteiger partial charge in [-0.1, -0.05) is 54.6 Å². The van der Waals surface area contributed by atoms with Crippen LogP contribution in [0.4, 0.5) is 5.69 Å². The van der Waals surface area contributed by atoms with Crippen molar-refractivity contribution >= 4 is 38.5 Å². The Morgan fingerprint density at radius 1 is 0.963 bits per heavy atom. The molecule has 0 fully saturated rings. The zero-order chi connectivity index (χ0) is 19.3. The van der Waals surface area contributed by atoms with E-state index in [1.54, 1.807) is 48.5 Å². The number of carboxylic acids is 1. The Kier molecular flexibility index (Phi) is 5.42. The van der Waals surface area contributed by atoms with Crippen molar-refractivity contribution in [2.75, 3.05) is 11.3 Å². The molecule has 3 rings (SSSR count). The Hall–Kier alpha value is -3.32. The minimum Gasteiger partial charge on any atom is -0.481 e. The molecule has 0 aliphatic carbocycles. The van der Waals surface area contributed by atoms with Crippen molar-refractivity contribution in [3.05, 3.63) is 77.7 Å². The first-order valence-corrected chi connectivity index (χ1v) is 9.61. The third kappa shape index (κ3) is 4.86. The molecule has 0 bridgehead atoms. The average Bonchev–Trinajstić information content (AvgIpc) is 2.66. The number of anilines is 1. The number of hydrogen-bond donors (Lipinski definition) is 2.